The molecular weight excluding hydrogens is 496 g/mol. The van der Waals surface area contributed by atoms with Crippen LogP contribution in [0, 0.1) is 5.82 Å². The number of aromatic nitrogens is 2. The SMILES string of the molecule is CC(C)(O)c1cn(-c2ccc(-c3cccc(S(C)(=O)=O)c3)cc2F)c(-c2ccccc2C(F)(F)F)n1. The van der Waals surface area contributed by atoms with Gasteiger partial charge in [-0.05, 0) is 55.3 Å². The monoisotopic (exact) mass is 518 g/mol. The lowest BCUT2D eigenvalue weighted by Crippen LogP contribution is -2.15. The van der Waals surface area contributed by atoms with Crippen molar-refractivity contribution in [2.75, 3.05) is 6.26 Å². The zero-order valence-electron chi connectivity index (χ0n) is 19.5. The normalized spacial score (nSPS) is 12.7. The molecule has 10 heteroatoms. The van der Waals surface area contributed by atoms with Gasteiger partial charge in [-0.1, -0.05) is 36.4 Å². The minimum absolute atomic E-state index is 0.0545. The smallest absolute Gasteiger partial charge is 0.384 e. The second kappa shape index (κ2) is 8.86. The van der Waals surface area contributed by atoms with E-state index < -0.39 is 33.0 Å². The summed E-state index contributed by atoms with van der Waals surface area (Å²) in [5, 5.41) is 10.5. The number of alkyl halides is 3. The van der Waals surface area contributed by atoms with Crippen molar-refractivity contribution in [2.45, 2.75) is 30.5 Å². The molecule has 1 aromatic heterocycles. The number of halogens is 4. The van der Waals surface area contributed by atoms with Crippen LogP contribution in [0.25, 0.3) is 28.2 Å². The standard InChI is InChI=1S/C26H22F4N2O3S/c1-25(2,33)23-15-32(24(31-23)19-9-4-5-10-20(19)26(28,29)30)22-12-11-17(14-21(22)27)16-7-6-8-18(13-16)36(3,34)35/h4-15,33H,1-3H3. The molecule has 5 nitrogen and oxygen atoms in total. The molecule has 0 fully saturated rings. The summed E-state index contributed by atoms with van der Waals surface area (Å²) < 4.78 is 81.6. The molecule has 0 saturated carbocycles. The highest BCUT2D eigenvalue weighted by molar-refractivity contribution is 7.90. The first-order chi connectivity index (χ1) is 16.7. The Bertz CT molecular complexity index is 1550. The Labute approximate surface area is 205 Å². The Morgan fingerprint density at radius 3 is 2.19 bits per heavy atom. The van der Waals surface area contributed by atoms with E-state index in [0.29, 0.717) is 11.1 Å². The predicted molar refractivity (Wildman–Crippen MR) is 128 cm³/mol. The first-order valence-corrected chi connectivity index (χ1v) is 12.6. The maximum Gasteiger partial charge on any atom is 0.417 e. The zero-order valence-corrected chi connectivity index (χ0v) is 20.3. The van der Waals surface area contributed by atoms with Crippen LogP contribution in [0.3, 0.4) is 0 Å². The molecule has 3 aromatic carbocycles. The molecule has 4 aromatic rings. The van der Waals surface area contributed by atoms with Crippen LogP contribution in [0.2, 0.25) is 0 Å². The lowest BCUT2D eigenvalue weighted by Gasteiger charge is -2.15. The van der Waals surface area contributed by atoms with Gasteiger partial charge < -0.3 is 5.11 Å². The van der Waals surface area contributed by atoms with Crippen LogP contribution in [0.4, 0.5) is 17.6 Å². The number of aliphatic hydroxyl groups is 1. The first-order valence-electron chi connectivity index (χ1n) is 10.8. The molecule has 0 amide bonds. The number of imidazole rings is 1. The zero-order chi connectivity index (χ0) is 26.5. The molecule has 188 valence electrons. The van der Waals surface area contributed by atoms with Gasteiger partial charge in [-0.15, -0.1) is 0 Å². The average Bonchev–Trinajstić information content (AvgIpc) is 3.24. The van der Waals surface area contributed by atoms with Crippen LogP contribution in [0.5, 0.6) is 0 Å². The van der Waals surface area contributed by atoms with E-state index in [0.717, 1.165) is 12.3 Å². The number of sulfone groups is 1. The Morgan fingerprint density at radius 2 is 1.58 bits per heavy atom. The fraction of sp³-hybridized carbons (Fsp3) is 0.192. The highest BCUT2D eigenvalue weighted by atomic mass is 32.2. The second-order valence-corrected chi connectivity index (χ2v) is 10.9. The average molecular weight is 519 g/mol. The lowest BCUT2D eigenvalue weighted by molar-refractivity contribution is -0.137. The maximum atomic E-state index is 15.4. The molecule has 0 atom stereocenters. The molecule has 0 spiro atoms. The molecule has 0 aliphatic rings. The van der Waals surface area contributed by atoms with E-state index in [-0.39, 0.29) is 27.7 Å². The molecular formula is C26H22F4N2O3S. The van der Waals surface area contributed by atoms with Crippen molar-refractivity contribution in [2.24, 2.45) is 0 Å². The van der Waals surface area contributed by atoms with Gasteiger partial charge in [0, 0.05) is 18.0 Å². The quantitative estimate of drug-likeness (QED) is 0.329. The number of rotatable bonds is 5. The summed E-state index contributed by atoms with van der Waals surface area (Å²) in [6.07, 6.45) is -2.32. The van der Waals surface area contributed by atoms with Gasteiger partial charge in [0.05, 0.1) is 21.8 Å². The highest BCUT2D eigenvalue weighted by Gasteiger charge is 2.35. The van der Waals surface area contributed by atoms with Gasteiger partial charge in [-0.2, -0.15) is 13.2 Å². The molecule has 0 bridgehead atoms. The third kappa shape index (κ3) is 5.05. The molecule has 1 N–H and O–H groups in total. The largest absolute Gasteiger partial charge is 0.417 e. The van der Waals surface area contributed by atoms with Crippen molar-refractivity contribution >= 4 is 9.84 Å². The lowest BCUT2D eigenvalue weighted by atomic mass is 10.0. The third-order valence-corrected chi connectivity index (χ3v) is 6.72. The van der Waals surface area contributed by atoms with Crippen molar-refractivity contribution in [1.82, 2.24) is 9.55 Å². The van der Waals surface area contributed by atoms with Gasteiger partial charge in [0.1, 0.15) is 17.2 Å². The van der Waals surface area contributed by atoms with Crippen LogP contribution in [0.1, 0.15) is 25.1 Å². The van der Waals surface area contributed by atoms with Crippen molar-refractivity contribution in [3.8, 4) is 28.2 Å². The molecule has 36 heavy (non-hydrogen) atoms. The van der Waals surface area contributed by atoms with E-state index in [9.17, 15) is 26.7 Å². The van der Waals surface area contributed by atoms with Crippen molar-refractivity contribution < 1.29 is 31.1 Å². The summed E-state index contributed by atoms with van der Waals surface area (Å²) in [5.41, 5.74) is -1.93. The van der Waals surface area contributed by atoms with E-state index in [2.05, 4.69) is 4.98 Å². The van der Waals surface area contributed by atoms with Gasteiger partial charge in [-0.25, -0.2) is 17.8 Å². The molecule has 0 saturated heterocycles. The first kappa shape index (κ1) is 25.6. The van der Waals surface area contributed by atoms with Gasteiger partial charge in [0.15, 0.2) is 9.84 Å². The topological polar surface area (TPSA) is 72.2 Å². The summed E-state index contributed by atoms with van der Waals surface area (Å²) in [6.45, 7) is 2.85. The minimum Gasteiger partial charge on any atom is -0.384 e. The summed E-state index contributed by atoms with van der Waals surface area (Å²) >= 11 is 0. The van der Waals surface area contributed by atoms with Crippen LogP contribution in [0.15, 0.2) is 77.8 Å². The van der Waals surface area contributed by atoms with Crippen LogP contribution < -0.4 is 0 Å². The fourth-order valence-corrected chi connectivity index (χ4v) is 4.43. The van der Waals surface area contributed by atoms with Crippen molar-refractivity contribution in [3.05, 3.63) is 90.0 Å². The van der Waals surface area contributed by atoms with Crippen molar-refractivity contribution in [1.29, 1.82) is 0 Å². The van der Waals surface area contributed by atoms with E-state index in [1.807, 2.05) is 0 Å². The molecule has 0 aliphatic heterocycles. The molecule has 0 radical (unpaired) electrons. The number of hydrogen-bond acceptors (Lipinski definition) is 4. The predicted octanol–water partition coefficient (Wildman–Crippen LogP) is 6.00. The Balaban J connectivity index is 1.90. The van der Waals surface area contributed by atoms with Gasteiger partial charge in [0.2, 0.25) is 0 Å². The van der Waals surface area contributed by atoms with Crippen molar-refractivity contribution in [3.63, 3.8) is 0 Å². The van der Waals surface area contributed by atoms with Crippen LogP contribution >= 0.6 is 0 Å². The Morgan fingerprint density at radius 1 is 0.917 bits per heavy atom. The highest BCUT2D eigenvalue weighted by Crippen LogP contribution is 2.38. The van der Waals surface area contributed by atoms with E-state index >= 15 is 4.39 Å². The Hall–Kier alpha value is -3.50. The minimum atomic E-state index is -4.69. The fourth-order valence-electron chi connectivity index (χ4n) is 3.76. The summed E-state index contributed by atoms with van der Waals surface area (Å²) in [4.78, 5) is 4.31. The van der Waals surface area contributed by atoms with Gasteiger partial charge >= 0.3 is 6.18 Å². The summed E-state index contributed by atoms with van der Waals surface area (Å²) in [5.74, 6) is -0.964. The van der Waals surface area contributed by atoms with E-state index in [4.69, 9.17) is 0 Å². The van der Waals surface area contributed by atoms with Crippen LogP contribution in [-0.2, 0) is 21.6 Å². The number of nitrogens with zero attached hydrogens (tertiary/aromatic N) is 2. The van der Waals surface area contributed by atoms with Gasteiger partial charge in [-0.3, -0.25) is 4.57 Å². The van der Waals surface area contributed by atoms with Crippen LogP contribution in [-0.4, -0.2) is 29.3 Å². The Kier molecular flexibility index (Phi) is 6.30. The summed E-state index contributed by atoms with van der Waals surface area (Å²) in [6, 6.07) is 14.9. The number of benzene rings is 3. The third-order valence-electron chi connectivity index (χ3n) is 5.61. The second-order valence-electron chi connectivity index (χ2n) is 8.89. The van der Waals surface area contributed by atoms with Gasteiger partial charge in [0.25, 0.3) is 0 Å². The molecule has 4 rings (SSSR count). The van der Waals surface area contributed by atoms with E-state index in [1.165, 1.54) is 79.2 Å². The molecule has 0 unspecified atom stereocenters. The summed E-state index contributed by atoms with van der Waals surface area (Å²) in [7, 11) is -3.48. The molecule has 1 heterocycles. The maximum absolute atomic E-state index is 15.4. The number of hydrogen-bond donors (Lipinski definition) is 1. The molecule has 0 aliphatic carbocycles. The van der Waals surface area contributed by atoms with E-state index in [1.54, 1.807) is 6.07 Å².